The van der Waals surface area contributed by atoms with Crippen LogP contribution in [0, 0.1) is 0 Å². The summed E-state index contributed by atoms with van der Waals surface area (Å²) in [4.78, 5) is 11.8. The Bertz CT molecular complexity index is 422. The fraction of sp³-hybridized carbons (Fsp3) is 0.462. The van der Waals surface area contributed by atoms with Gasteiger partial charge in [0.2, 0.25) is 5.91 Å². The van der Waals surface area contributed by atoms with Crippen molar-refractivity contribution in [1.29, 1.82) is 0 Å². The lowest BCUT2D eigenvalue weighted by molar-refractivity contribution is -0.123. The Labute approximate surface area is 95.2 Å². The van der Waals surface area contributed by atoms with Crippen LogP contribution in [0.25, 0.3) is 0 Å². The lowest BCUT2D eigenvalue weighted by Crippen LogP contribution is -2.55. The van der Waals surface area contributed by atoms with Gasteiger partial charge in [0, 0.05) is 0 Å². The zero-order valence-corrected chi connectivity index (χ0v) is 9.25. The van der Waals surface area contributed by atoms with E-state index in [0.29, 0.717) is 6.42 Å². The molecule has 0 aromatic heterocycles. The maximum absolute atomic E-state index is 11.8. The number of amides is 1. The van der Waals surface area contributed by atoms with Crippen LogP contribution < -0.4 is 10.6 Å². The van der Waals surface area contributed by atoms with Crippen LogP contribution in [0.4, 0.5) is 0 Å². The fourth-order valence-electron chi connectivity index (χ4n) is 2.94. The van der Waals surface area contributed by atoms with Crippen molar-refractivity contribution in [2.75, 3.05) is 13.1 Å². The third-order valence-electron chi connectivity index (χ3n) is 3.72. The Morgan fingerprint density at radius 2 is 1.88 bits per heavy atom. The molecule has 0 bridgehead atoms. The molecule has 3 nitrogen and oxygen atoms in total. The maximum atomic E-state index is 11.8. The van der Waals surface area contributed by atoms with E-state index >= 15 is 0 Å². The Morgan fingerprint density at radius 1 is 1.12 bits per heavy atom. The first kappa shape index (κ1) is 9.85. The molecule has 0 radical (unpaired) electrons. The van der Waals surface area contributed by atoms with Gasteiger partial charge in [-0.15, -0.1) is 0 Å². The molecule has 2 aliphatic heterocycles. The topological polar surface area (TPSA) is 41.1 Å². The number of carbonyl (C=O) groups excluding carboxylic acids is 1. The number of hydrogen-bond acceptors (Lipinski definition) is 2. The summed E-state index contributed by atoms with van der Waals surface area (Å²) in [5, 5.41) is 6.56. The highest BCUT2D eigenvalue weighted by Gasteiger charge is 2.39. The molecule has 2 heterocycles. The van der Waals surface area contributed by atoms with E-state index < -0.39 is 0 Å². The molecular weight excluding hydrogens is 200 g/mol. The molecule has 1 amide bonds. The molecule has 1 aromatic carbocycles. The minimum atomic E-state index is -0.100. The summed E-state index contributed by atoms with van der Waals surface area (Å²) in [5.41, 5.74) is 2.43. The van der Waals surface area contributed by atoms with E-state index in [1.54, 1.807) is 0 Å². The van der Waals surface area contributed by atoms with Crippen LogP contribution in [0.2, 0.25) is 0 Å². The monoisotopic (exact) mass is 216 g/mol. The van der Waals surface area contributed by atoms with Gasteiger partial charge in [0.15, 0.2) is 0 Å². The molecule has 3 heteroatoms. The van der Waals surface area contributed by atoms with Gasteiger partial charge < -0.3 is 10.6 Å². The van der Waals surface area contributed by atoms with Gasteiger partial charge in [-0.3, -0.25) is 4.79 Å². The lowest BCUT2D eigenvalue weighted by Gasteiger charge is -2.42. The molecule has 0 unspecified atom stereocenters. The molecule has 16 heavy (non-hydrogen) atoms. The van der Waals surface area contributed by atoms with Gasteiger partial charge in [-0.1, -0.05) is 24.3 Å². The highest BCUT2D eigenvalue weighted by molar-refractivity contribution is 5.82. The van der Waals surface area contributed by atoms with Crippen LogP contribution in [0.1, 0.15) is 24.0 Å². The van der Waals surface area contributed by atoms with Gasteiger partial charge in [-0.2, -0.15) is 0 Å². The number of rotatable bonds is 0. The van der Waals surface area contributed by atoms with Crippen molar-refractivity contribution in [2.24, 2.45) is 0 Å². The molecule has 0 saturated carbocycles. The molecule has 2 aliphatic rings. The van der Waals surface area contributed by atoms with E-state index in [9.17, 15) is 4.79 Å². The Morgan fingerprint density at radius 3 is 2.69 bits per heavy atom. The summed E-state index contributed by atoms with van der Waals surface area (Å²) in [7, 11) is 0. The third-order valence-corrected chi connectivity index (χ3v) is 3.72. The van der Waals surface area contributed by atoms with Crippen LogP contribution in [0.5, 0.6) is 0 Å². The summed E-state index contributed by atoms with van der Waals surface area (Å²) in [5.74, 6) is 0.167. The van der Waals surface area contributed by atoms with Crippen molar-refractivity contribution in [3.8, 4) is 0 Å². The summed E-state index contributed by atoms with van der Waals surface area (Å²) < 4.78 is 0. The molecule has 2 N–H and O–H groups in total. The molecular formula is C13H16N2O. The van der Waals surface area contributed by atoms with Gasteiger partial charge in [0.05, 0.1) is 12.0 Å². The van der Waals surface area contributed by atoms with Crippen LogP contribution in [0.15, 0.2) is 24.3 Å². The maximum Gasteiger partial charge on any atom is 0.225 e. The number of fused-ring (bicyclic) bond motifs is 2. The van der Waals surface area contributed by atoms with Gasteiger partial charge in [0.25, 0.3) is 0 Å². The zero-order chi connectivity index (χ0) is 11.0. The molecule has 0 atom stereocenters. The van der Waals surface area contributed by atoms with Crippen LogP contribution in [-0.2, 0) is 16.8 Å². The van der Waals surface area contributed by atoms with E-state index in [4.69, 9.17) is 0 Å². The minimum absolute atomic E-state index is 0.100. The number of nitrogens with one attached hydrogen (secondary N) is 2. The highest BCUT2D eigenvalue weighted by atomic mass is 16.1. The van der Waals surface area contributed by atoms with Crippen LogP contribution >= 0.6 is 0 Å². The first-order valence-corrected chi connectivity index (χ1v) is 5.90. The first-order valence-electron chi connectivity index (χ1n) is 5.90. The molecule has 0 aliphatic carbocycles. The smallest absolute Gasteiger partial charge is 0.225 e. The molecule has 1 spiro atoms. The van der Waals surface area contributed by atoms with Crippen LogP contribution in [0.3, 0.4) is 0 Å². The van der Waals surface area contributed by atoms with Gasteiger partial charge >= 0.3 is 0 Å². The standard InChI is InChI=1S/C13H16N2O/c16-12-9-10-3-1-2-4-11(10)13(15-12)5-7-14-8-6-13/h1-4,14H,5-9H2,(H,15,16). The predicted octanol–water partition coefficient (Wildman–Crippen LogP) is 0.938. The van der Waals surface area contributed by atoms with Crippen molar-refractivity contribution in [2.45, 2.75) is 24.8 Å². The number of piperidine rings is 1. The Balaban J connectivity index is 2.08. The number of carbonyl (C=O) groups is 1. The minimum Gasteiger partial charge on any atom is -0.346 e. The molecule has 3 rings (SSSR count). The molecule has 84 valence electrons. The first-order chi connectivity index (χ1) is 7.80. The summed E-state index contributed by atoms with van der Waals surface area (Å²) >= 11 is 0. The SMILES string of the molecule is O=C1Cc2ccccc2C2(CCNCC2)N1. The highest BCUT2D eigenvalue weighted by Crippen LogP contribution is 2.35. The molecule has 1 saturated heterocycles. The van der Waals surface area contributed by atoms with E-state index in [-0.39, 0.29) is 11.4 Å². The average molecular weight is 216 g/mol. The van der Waals surface area contributed by atoms with Crippen molar-refractivity contribution < 1.29 is 4.79 Å². The summed E-state index contributed by atoms with van der Waals surface area (Å²) in [6.07, 6.45) is 2.52. The summed E-state index contributed by atoms with van der Waals surface area (Å²) in [6.45, 7) is 1.96. The third kappa shape index (κ3) is 1.43. The van der Waals surface area contributed by atoms with Crippen molar-refractivity contribution in [1.82, 2.24) is 10.6 Å². The van der Waals surface area contributed by atoms with E-state index in [0.717, 1.165) is 25.9 Å². The van der Waals surface area contributed by atoms with Gasteiger partial charge in [-0.25, -0.2) is 0 Å². The second-order valence-corrected chi connectivity index (χ2v) is 4.71. The number of benzene rings is 1. The van der Waals surface area contributed by atoms with Gasteiger partial charge in [-0.05, 0) is 37.1 Å². The normalized spacial score (nSPS) is 22.6. The fourth-order valence-corrected chi connectivity index (χ4v) is 2.94. The second kappa shape index (κ2) is 3.59. The van der Waals surface area contributed by atoms with Crippen LogP contribution in [-0.4, -0.2) is 19.0 Å². The molecule has 1 aromatic rings. The van der Waals surface area contributed by atoms with Crippen molar-refractivity contribution >= 4 is 5.91 Å². The zero-order valence-electron chi connectivity index (χ0n) is 9.25. The van der Waals surface area contributed by atoms with E-state index in [2.05, 4.69) is 28.8 Å². The predicted molar refractivity (Wildman–Crippen MR) is 62.1 cm³/mol. The van der Waals surface area contributed by atoms with Crippen molar-refractivity contribution in [3.63, 3.8) is 0 Å². The van der Waals surface area contributed by atoms with Crippen molar-refractivity contribution in [3.05, 3.63) is 35.4 Å². The van der Waals surface area contributed by atoms with E-state index in [1.807, 2.05) is 6.07 Å². The summed E-state index contributed by atoms with van der Waals surface area (Å²) in [6, 6.07) is 8.34. The largest absolute Gasteiger partial charge is 0.346 e. The number of hydrogen-bond donors (Lipinski definition) is 2. The Hall–Kier alpha value is -1.35. The quantitative estimate of drug-likeness (QED) is 0.677. The molecule has 1 fully saturated rings. The Kier molecular flexibility index (Phi) is 2.21. The average Bonchev–Trinajstić information content (AvgIpc) is 2.30. The van der Waals surface area contributed by atoms with E-state index in [1.165, 1.54) is 11.1 Å². The second-order valence-electron chi connectivity index (χ2n) is 4.71. The van der Waals surface area contributed by atoms with Gasteiger partial charge in [0.1, 0.15) is 0 Å². The lowest BCUT2D eigenvalue weighted by atomic mass is 9.76.